The van der Waals surface area contributed by atoms with Crippen LogP contribution >= 0.6 is 18.6 Å². The molecule has 2 aromatic carbocycles. The van der Waals surface area contributed by atoms with Gasteiger partial charge in [0.25, 0.3) is 0 Å². The van der Waals surface area contributed by atoms with Crippen molar-refractivity contribution in [1.82, 2.24) is 0 Å². The van der Waals surface area contributed by atoms with Crippen molar-refractivity contribution in [3.8, 4) is 0 Å². The second kappa shape index (κ2) is 15.9. The Labute approximate surface area is 207 Å². The molecule has 173 valence electrons. The van der Waals surface area contributed by atoms with E-state index in [1.807, 2.05) is 0 Å². The first-order valence-electron chi connectivity index (χ1n) is 10.9. The van der Waals surface area contributed by atoms with Crippen molar-refractivity contribution in [2.45, 2.75) is 105 Å². The number of rotatable bonds is 2. The Kier molecular flexibility index (Phi) is 17.2. The molecule has 0 aliphatic heterocycles. The molecule has 0 aliphatic rings. The van der Waals surface area contributed by atoms with Crippen LogP contribution in [0.3, 0.4) is 0 Å². The minimum absolute atomic E-state index is 0.299. The van der Waals surface area contributed by atoms with Crippen LogP contribution in [0.4, 0.5) is 0 Å². The molecule has 0 unspecified atom stereocenters. The number of hydrogen-bond donors (Lipinski definition) is 0. The van der Waals surface area contributed by atoms with Crippen LogP contribution in [0, 0.1) is 0 Å². The molecule has 1 radical (unpaired) electrons. The van der Waals surface area contributed by atoms with Gasteiger partial charge < -0.3 is 0 Å². The number of halogens is 2. The molecule has 0 saturated heterocycles. The molecule has 30 heavy (non-hydrogen) atoms. The van der Waals surface area contributed by atoms with E-state index in [9.17, 15) is 0 Å². The van der Waals surface area contributed by atoms with E-state index in [-0.39, 0.29) is 0 Å². The Hall–Kier alpha value is 0.211. The molecule has 0 atom stereocenters. The van der Waals surface area contributed by atoms with Gasteiger partial charge >= 0.3 is 35.6 Å². The summed E-state index contributed by atoms with van der Waals surface area (Å²) >= 11 is -0.556. The summed E-state index contributed by atoms with van der Waals surface area (Å²) in [6.45, 7) is 26.9. The third-order valence-electron chi connectivity index (χ3n) is 4.62. The summed E-state index contributed by atoms with van der Waals surface area (Å²) < 4.78 is 0. The summed E-state index contributed by atoms with van der Waals surface area (Å²) in [4.78, 5) is 0. The van der Waals surface area contributed by atoms with Crippen LogP contribution in [-0.2, 0) is 27.9 Å². The molecule has 0 nitrogen and oxygen atoms in total. The molecular weight excluding hydrogens is 459 g/mol. The molecular formula is C26H45Cl2SiTi-2. The zero-order valence-corrected chi connectivity index (χ0v) is 25.7. The fraction of sp³-hybridized carbons (Fsp3) is 0.615. The summed E-state index contributed by atoms with van der Waals surface area (Å²) in [6.07, 6.45) is 0. The van der Waals surface area contributed by atoms with E-state index < -0.39 is 17.0 Å². The zero-order chi connectivity index (χ0) is 24.1. The van der Waals surface area contributed by atoms with Gasteiger partial charge in [0.2, 0.25) is 0 Å². The van der Waals surface area contributed by atoms with E-state index in [0.29, 0.717) is 22.7 Å². The molecule has 0 bridgehead atoms. The van der Waals surface area contributed by atoms with Crippen molar-refractivity contribution in [3.05, 3.63) is 58.7 Å². The fourth-order valence-corrected chi connectivity index (χ4v) is 2.57. The Bertz CT molecular complexity index is 597. The molecule has 0 heterocycles. The standard InChI is InChI=1S/2C12H19.C2H7Si.2ClH.Ti/c2*1-9(2)10-6-7-11(8-10)12(3,4)5;1-3-2;;;/h2*6-9H,1-5H3;3H,1-2H3;2*1H;/q2*-1;;;;+2/p-2. The van der Waals surface area contributed by atoms with Gasteiger partial charge in [0.1, 0.15) is 0 Å². The first-order chi connectivity index (χ1) is 13.6. The van der Waals surface area contributed by atoms with E-state index in [0.717, 1.165) is 9.52 Å². The van der Waals surface area contributed by atoms with Gasteiger partial charge in [-0.25, -0.2) is 12.1 Å². The van der Waals surface area contributed by atoms with E-state index in [4.69, 9.17) is 18.6 Å². The predicted octanol–water partition coefficient (Wildman–Crippen LogP) is 9.55. The Morgan fingerprint density at radius 2 is 0.967 bits per heavy atom. The summed E-state index contributed by atoms with van der Waals surface area (Å²) in [5, 5.41) is 0. The van der Waals surface area contributed by atoms with Gasteiger partial charge in [-0.3, -0.25) is 0 Å². The maximum atomic E-state index is 4.89. The summed E-state index contributed by atoms with van der Waals surface area (Å²) in [6, 6.07) is 13.6. The molecule has 2 aromatic rings. The summed E-state index contributed by atoms with van der Waals surface area (Å²) in [5.41, 5.74) is 6.41. The molecule has 0 saturated carbocycles. The number of hydrogen-bond acceptors (Lipinski definition) is 0. The van der Waals surface area contributed by atoms with Gasteiger partial charge in [-0.2, -0.15) is 46.5 Å². The van der Waals surface area contributed by atoms with Crippen LogP contribution in [0.25, 0.3) is 0 Å². The quantitative estimate of drug-likeness (QED) is 0.282. The molecule has 2 rings (SSSR count). The molecule has 0 aliphatic carbocycles. The normalized spacial score (nSPS) is 11.1. The maximum absolute atomic E-state index is 4.89. The Morgan fingerprint density at radius 3 is 1.07 bits per heavy atom. The SMILES string of the molecule is CC(C)c1c[cH-]c(C(C)(C)C)c1.CC(C)c1c[cH-]c(C(C)(C)C)c1.C[SiH]C.[Cl][Ti][Cl]. The van der Waals surface area contributed by atoms with Gasteiger partial charge in [-0.05, 0) is 10.8 Å². The average Bonchev–Trinajstić information content (AvgIpc) is 3.26. The molecule has 0 amide bonds. The van der Waals surface area contributed by atoms with Crippen LogP contribution in [0.2, 0.25) is 13.1 Å². The first-order valence-corrected chi connectivity index (χ1v) is 17.5. The van der Waals surface area contributed by atoms with E-state index in [1.165, 1.54) is 22.3 Å². The molecule has 0 aromatic heterocycles. The van der Waals surface area contributed by atoms with Crippen molar-refractivity contribution < 1.29 is 17.0 Å². The summed E-state index contributed by atoms with van der Waals surface area (Å²) in [5.74, 6) is 1.31. The molecule has 0 spiro atoms. The second-order valence-electron chi connectivity index (χ2n) is 10.3. The monoisotopic (exact) mass is 503 g/mol. The zero-order valence-electron chi connectivity index (χ0n) is 21.5. The average molecular weight is 505 g/mol. The van der Waals surface area contributed by atoms with Crippen LogP contribution in [0.5, 0.6) is 0 Å². The van der Waals surface area contributed by atoms with Crippen molar-refractivity contribution >= 4 is 28.1 Å². The van der Waals surface area contributed by atoms with E-state index >= 15 is 0 Å². The molecule has 4 heteroatoms. The van der Waals surface area contributed by atoms with Crippen LogP contribution in [0.15, 0.2) is 36.4 Å². The van der Waals surface area contributed by atoms with E-state index in [2.05, 4.69) is 119 Å². The topological polar surface area (TPSA) is 0 Å². The third kappa shape index (κ3) is 14.3. The van der Waals surface area contributed by atoms with Crippen molar-refractivity contribution in [1.29, 1.82) is 0 Å². The van der Waals surface area contributed by atoms with Gasteiger partial charge in [-0.1, -0.05) is 94.2 Å². The Morgan fingerprint density at radius 1 is 0.733 bits per heavy atom. The third-order valence-corrected chi connectivity index (χ3v) is 4.62. The van der Waals surface area contributed by atoms with Crippen molar-refractivity contribution in [2.24, 2.45) is 0 Å². The fourth-order valence-electron chi connectivity index (χ4n) is 2.57. The molecule has 0 fully saturated rings. The van der Waals surface area contributed by atoms with Crippen LogP contribution in [0.1, 0.15) is 103 Å². The second-order valence-corrected chi connectivity index (χ2v) is 14.1. The minimum atomic E-state index is -0.556. The van der Waals surface area contributed by atoms with Gasteiger partial charge in [-0.15, -0.1) is 0 Å². The van der Waals surface area contributed by atoms with E-state index in [1.54, 1.807) is 0 Å². The first kappa shape index (κ1) is 32.4. The predicted molar refractivity (Wildman–Crippen MR) is 140 cm³/mol. The van der Waals surface area contributed by atoms with Crippen LogP contribution in [-0.4, -0.2) is 9.52 Å². The van der Waals surface area contributed by atoms with Crippen molar-refractivity contribution in [2.75, 3.05) is 0 Å². The van der Waals surface area contributed by atoms with Crippen LogP contribution < -0.4 is 0 Å². The summed E-state index contributed by atoms with van der Waals surface area (Å²) in [7, 11) is 10.5. The van der Waals surface area contributed by atoms with Crippen molar-refractivity contribution in [3.63, 3.8) is 0 Å². The van der Waals surface area contributed by atoms with Gasteiger partial charge in [0.15, 0.2) is 0 Å². The molecule has 0 N–H and O–H groups in total. The van der Waals surface area contributed by atoms with Gasteiger partial charge in [0, 0.05) is 9.52 Å². The van der Waals surface area contributed by atoms with Gasteiger partial charge in [0.05, 0.1) is 0 Å². The Balaban J connectivity index is 0.